The number of carbonyl (C=O) groups is 1. The third-order valence-electron chi connectivity index (χ3n) is 7.07. The highest BCUT2D eigenvalue weighted by Gasteiger charge is 2.26. The normalized spacial score (nSPS) is 21.2. The van der Waals surface area contributed by atoms with Crippen LogP contribution in [0.1, 0.15) is 113 Å². The van der Waals surface area contributed by atoms with E-state index in [0.717, 1.165) is 25.2 Å². The molecule has 4 atom stereocenters. The Morgan fingerprint density at radius 1 is 1.17 bits per heavy atom. The van der Waals surface area contributed by atoms with Crippen LogP contribution in [0.3, 0.4) is 0 Å². The fraction of sp³-hybridized carbons (Fsp3) is 0.815. The van der Waals surface area contributed by atoms with E-state index in [2.05, 4.69) is 53.7 Å². The van der Waals surface area contributed by atoms with Gasteiger partial charge in [-0.2, -0.15) is 0 Å². The molecule has 0 saturated carbocycles. The van der Waals surface area contributed by atoms with Gasteiger partial charge in [0.25, 0.3) is 0 Å². The standard InChI is InChI=1S/C27H48O2/c1-8-12-20(2)13-9-14-22(4)25(28)19-26(29)23(5)15-10-17-24-21(3)16-11-18-27(24,6)7/h10,17,20,22-23,26,29H,8-9,11-16,18-19H2,1-7H3/b17-10+. The molecule has 0 saturated heterocycles. The predicted molar refractivity (Wildman–Crippen MR) is 126 cm³/mol. The van der Waals surface area contributed by atoms with E-state index in [4.69, 9.17) is 0 Å². The second-order valence-corrected chi connectivity index (χ2v) is 10.5. The molecule has 0 aromatic carbocycles. The smallest absolute Gasteiger partial charge is 0.138 e. The Morgan fingerprint density at radius 2 is 1.86 bits per heavy atom. The first kappa shape index (κ1) is 26.1. The average molecular weight is 405 g/mol. The summed E-state index contributed by atoms with van der Waals surface area (Å²) in [5.41, 5.74) is 3.22. The summed E-state index contributed by atoms with van der Waals surface area (Å²) in [5.74, 6) is 1.16. The Kier molecular flexibility index (Phi) is 11.5. The number of hydrogen-bond acceptors (Lipinski definition) is 2. The molecule has 0 aromatic heterocycles. The molecule has 29 heavy (non-hydrogen) atoms. The molecule has 0 fully saturated rings. The van der Waals surface area contributed by atoms with Crippen molar-refractivity contribution in [3.63, 3.8) is 0 Å². The minimum absolute atomic E-state index is 0.0667. The van der Waals surface area contributed by atoms with Crippen LogP contribution in [0.25, 0.3) is 0 Å². The van der Waals surface area contributed by atoms with Crippen molar-refractivity contribution in [3.8, 4) is 0 Å². The molecule has 0 heterocycles. The summed E-state index contributed by atoms with van der Waals surface area (Å²) in [6.07, 6.45) is 14.6. The van der Waals surface area contributed by atoms with E-state index in [9.17, 15) is 9.90 Å². The third kappa shape index (κ3) is 9.20. The number of rotatable bonds is 13. The summed E-state index contributed by atoms with van der Waals surface area (Å²) in [7, 11) is 0. The van der Waals surface area contributed by atoms with Gasteiger partial charge in [0.05, 0.1) is 6.10 Å². The molecule has 1 aliphatic carbocycles. The first-order valence-corrected chi connectivity index (χ1v) is 12.2. The quantitative estimate of drug-likeness (QED) is 0.342. The maximum atomic E-state index is 12.5. The first-order chi connectivity index (χ1) is 13.6. The summed E-state index contributed by atoms with van der Waals surface area (Å²) in [6.45, 7) is 15.5. The highest BCUT2D eigenvalue weighted by atomic mass is 16.3. The minimum Gasteiger partial charge on any atom is -0.392 e. The van der Waals surface area contributed by atoms with Crippen LogP contribution in [0.2, 0.25) is 0 Å². The number of aliphatic hydroxyl groups excluding tert-OH is 1. The van der Waals surface area contributed by atoms with E-state index in [1.54, 1.807) is 0 Å². The van der Waals surface area contributed by atoms with Crippen molar-refractivity contribution < 1.29 is 9.90 Å². The number of carbonyl (C=O) groups excluding carboxylic acids is 1. The van der Waals surface area contributed by atoms with Crippen molar-refractivity contribution in [2.45, 2.75) is 119 Å². The van der Waals surface area contributed by atoms with Crippen LogP contribution in [-0.4, -0.2) is 17.0 Å². The summed E-state index contributed by atoms with van der Waals surface area (Å²) >= 11 is 0. The van der Waals surface area contributed by atoms with Gasteiger partial charge in [0.1, 0.15) is 5.78 Å². The molecular weight excluding hydrogens is 356 g/mol. The number of aliphatic hydroxyl groups is 1. The molecule has 0 radical (unpaired) electrons. The Bertz CT molecular complexity index is 555. The van der Waals surface area contributed by atoms with Gasteiger partial charge in [0.2, 0.25) is 0 Å². The zero-order valence-electron chi connectivity index (χ0n) is 20.4. The van der Waals surface area contributed by atoms with E-state index >= 15 is 0 Å². The van der Waals surface area contributed by atoms with Crippen LogP contribution in [0.15, 0.2) is 23.3 Å². The van der Waals surface area contributed by atoms with Gasteiger partial charge in [-0.15, -0.1) is 0 Å². The summed E-state index contributed by atoms with van der Waals surface area (Å²) < 4.78 is 0. The third-order valence-corrected chi connectivity index (χ3v) is 7.07. The van der Waals surface area contributed by atoms with Crippen molar-refractivity contribution in [2.75, 3.05) is 0 Å². The molecule has 168 valence electrons. The van der Waals surface area contributed by atoms with Gasteiger partial charge >= 0.3 is 0 Å². The van der Waals surface area contributed by atoms with Gasteiger partial charge in [0.15, 0.2) is 0 Å². The fourth-order valence-corrected chi connectivity index (χ4v) is 4.75. The van der Waals surface area contributed by atoms with E-state index in [-0.39, 0.29) is 23.0 Å². The molecule has 4 unspecified atom stereocenters. The van der Waals surface area contributed by atoms with Gasteiger partial charge < -0.3 is 5.11 Å². The van der Waals surface area contributed by atoms with E-state index in [0.29, 0.717) is 6.42 Å². The van der Waals surface area contributed by atoms with Crippen molar-refractivity contribution in [3.05, 3.63) is 23.3 Å². The lowest BCUT2D eigenvalue weighted by atomic mass is 9.72. The lowest BCUT2D eigenvalue weighted by molar-refractivity contribution is -0.125. The first-order valence-electron chi connectivity index (χ1n) is 12.2. The summed E-state index contributed by atoms with van der Waals surface area (Å²) in [4.78, 5) is 12.5. The average Bonchev–Trinajstić information content (AvgIpc) is 2.63. The molecule has 0 spiro atoms. The van der Waals surface area contributed by atoms with Crippen LogP contribution < -0.4 is 0 Å². The zero-order valence-corrected chi connectivity index (χ0v) is 20.4. The number of allylic oxidation sites excluding steroid dienone is 4. The molecule has 0 aromatic rings. The van der Waals surface area contributed by atoms with Crippen molar-refractivity contribution in [1.29, 1.82) is 0 Å². The maximum absolute atomic E-state index is 12.5. The van der Waals surface area contributed by atoms with Crippen LogP contribution >= 0.6 is 0 Å². The van der Waals surface area contributed by atoms with E-state index in [1.165, 1.54) is 49.7 Å². The predicted octanol–water partition coefficient (Wildman–Crippen LogP) is 7.66. The lowest BCUT2D eigenvalue weighted by Gasteiger charge is -2.33. The number of hydrogen-bond donors (Lipinski definition) is 1. The molecule has 1 aliphatic rings. The minimum atomic E-state index is -0.539. The molecule has 2 heteroatoms. The van der Waals surface area contributed by atoms with Gasteiger partial charge in [-0.05, 0) is 61.9 Å². The Hall–Kier alpha value is -0.890. The Balaban J connectivity index is 2.43. The monoisotopic (exact) mass is 404 g/mol. The van der Waals surface area contributed by atoms with Crippen LogP contribution in [-0.2, 0) is 4.79 Å². The SMILES string of the molecule is CCCC(C)CCCC(C)C(=O)CC(O)C(C)C/C=C/C1=C(C)CCCC1(C)C. The van der Waals surface area contributed by atoms with Gasteiger partial charge in [-0.25, -0.2) is 0 Å². The molecule has 2 nitrogen and oxygen atoms in total. The molecule has 0 bridgehead atoms. The number of Topliss-reactive ketones (excluding diaryl/α,β-unsaturated/α-hetero) is 1. The maximum Gasteiger partial charge on any atom is 0.138 e. The van der Waals surface area contributed by atoms with Gasteiger partial charge in [0, 0.05) is 12.3 Å². The largest absolute Gasteiger partial charge is 0.392 e. The molecule has 0 amide bonds. The topological polar surface area (TPSA) is 37.3 Å². The van der Waals surface area contributed by atoms with Crippen molar-refractivity contribution >= 4 is 5.78 Å². The van der Waals surface area contributed by atoms with E-state index < -0.39 is 6.10 Å². The second kappa shape index (κ2) is 12.7. The van der Waals surface area contributed by atoms with Crippen molar-refractivity contribution in [2.24, 2.45) is 23.2 Å². The van der Waals surface area contributed by atoms with Crippen LogP contribution in [0.4, 0.5) is 0 Å². The van der Waals surface area contributed by atoms with Crippen molar-refractivity contribution in [1.82, 2.24) is 0 Å². The number of ketones is 1. The van der Waals surface area contributed by atoms with E-state index in [1.807, 2.05) is 6.92 Å². The Labute approximate surface area is 181 Å². The molecular formula is C27H48O2. The highest BCUT2D eigenvalue weighted by Crippen LogP contribution is 2.40. The highest BCUT2D eigenvalue weighted by molar-refractivity contribution is 5.81. The summed E-state index contributed by atoms with van der Waals surface area (Å²) in [5, 5.41) is 10.5. The Morgan fingerprint density at radius 3 is 2.48 bits per heavy atom. The van der Waals surface area contributed by atoms with Gasteiger partial charge in [-0.3, -0.25) is 4.79 Å². The van der Waals surface area contributed by atoms with Gasteiger partial charge in [-0.1, -0.05) is 85.0 Å². The fourth-order valence-electron chi connectivity index (χ4n) is 4.75. The van der Waals surface area contributed by atoms with Crippen LogP contribution in [0.5, 0.6) is 0 Å². The molecule has 1 N–H and O–H groups in total. The lowest BCUT2D eigenvalue weighted by Crippen LogP contribution is -2.24. The zero-order chi connectivity index (χ0) is 22.0. The second-order valence-electron chi connectivity index (χ2n) is 10.5. The van der Waals surface area contributed by atoms with Crippen LogP contribution in [0, 0.1) is 23.2 Å². The summed E-state index contributed by atoms with van der Waals surface area (Å²) in [6, 6.07) is 0. The molecule has 0 aliphatic heterocycles. The molecule has 1 rings (SSSR count).